The molecule has 9 nitrogen and oxygen atoms in total. The number of alkyl halides is 2. The Morgan fingerprint density at radius 1 is 1.17 bits per heavy atom. The Morgan fingerprint density at radius 2 is 1.90 bits per heavy atom. The van der Waals surface area contributed by atoms with Gasteiger partial charge in [0.1, 0.15) is 5.76 Å². The molecule has 12 heteroatoms. The molecule has 0 radical (unpaired) electrons. The Labute approximate surface area is 169 Å². The van der Waals surface area contributed by atoms with Crippen molar-refractivity contribution in [3.05, 3.63) is 66.4 Å². The SMILES string of the molecule is O=C(COC(=O)c1ccc(Cn2cccn2)o1)Nc1ccc(S(=O)(=O)C(F)F)cc1. The van der Waals surface area contributed by atoms with E-state index in [1.807, 2.05) is 0 Å². The standard InChI is InChI=1S/C18H15F2N3O6S/c19-18(20)30(26,27)14-5-2-12(3-6-14)22-16(24)11-28-17(25)15-7-4-13(29-15)10-23-9-1-8-21-23/h1-9,18H,10-11H2,(H,22,24). The van der Waals surface area contributed by atoms with Gasteiger partial charge in [-0.1, -0.05) is 0 Å². The summed E-state index contributed by atoms with van der Waals surface area (Å²) in [7, 11) is -4.72. The van der Waals surface area contributed by atoms with Gasteiger partial charge in [-0.2, -0.15) is 13.9 Å². The summed E-state index contributed by atoms with van der Waals surface area (Å²) in [6.07, 6.45) is 3.32. The summed E-state index contributed by atoms with van der Waals surface area (Å²) >= 11 is 0. The van der Waals surface area contributed by atoms with Crippen LogP contribution in [0.4, 0.5) is 14.5 Å². The Bertz CT molecular complexity index is 1130. The lowest BCUT2D eigenvalue weighted by Gasteiger charge is -2.07. The maximum absolute atomic E-state index is 12.5. The predicted octanol–water partition coefficient (Wildman–Crippen LogP) is 2.32. The largest absolute Gasteiger partial charge is 0.452 e. The van der Waals surface area contributed by atoms with Gasteiger partial charge in [-0.05, 0) is 42.5 Å². The third-order valence-electron chi connectivity index (χ3n) is 3.78. The van der Waals surface area contributed by atoms with Crippen molar-refractivity contribution < 1.29 is 35.9 Å². The maximum atomic E-state index is 12.5. The van der Waals surface area contributed by atoms with E-state index in [9.17, 15) is 26.8 Å². The van der Waals surface area contributed by atoms with Crippen LogP contribution < -0.4 is 5.32 Å². The van der Waals surface area contributed by atoms with E-state index in [0.29, 0.717) is 12.3 Å². The Morgan fingerprint density at radius 3 is 2.53 bits per heavy atom. The highest BCUT2D eigenvalue weighted by Gasteiger charge is 2.26. The lowest BCUT2D eigenvalue weighted by molar-refractivity contribution is -0.119. The molecular formula is C18H15F2N3O6S. The Balaban J connectivity index is 1.51. The number of carbonyl (C=O) groups is 2. The number of esters is 1. The average Bonchev–Trinajstić information content (AvgIpc) is 3.39. The molecule has 2 heterocycles. The second-order valence-electron chi connectivity index (χ2n) is 5.92. The molecule has 2 aromatic heterocycles. The number of anilines is 1. The monoisotopic (exact) mass is 439 g/mol. The number of sulfone groups is 1. The molecule has 0 unspecified atom stereocenters. The molecule has 3 aromatic rings. The molecule has 0 aliphatic carbocycles. The molecule has 0 saturated carbocycles. The first-order valence-corrected chi connectivity index (χ1v) is 9.95. The molecule has 0 aliphatic rings. The lowest BCUT2D eigenvalue weighted by Crippen LogP contribution is -2.20. The number of amides is 1. The number of furan rings is 1. The first-order chi connectivity index (χ1) is 14.3. The van der Waals surface area contributed by atoms with Crippen LogP contribution in [0.5, 0.6) is 0 Å². The molecule has 0 bridgehead atoms. The van der Waals surface area contributed by atoms with Crippen LogP contribution in [-0.2, 0) is 25.9 Å². The molecule has 0 atom stereocenters. The van der Waals surface area contributed by atoms with Gasteiger partial charge in [-0.3, -0.25) is 9.48 Å². The number of hydrogen-bond acceptors (Lipinski definition) is 7. The van der Waals surface area contributed by atoms with Crippen molar-refractivity contribution in [2.75, 3.05) is 11.9 Å². The van der Waals surface area contributed by atoms with Crippen LogP contribution in [0.15, 0.2) is 64.2 Å². The van der Waals surface area contributed by atoms with E-state index in [-0.39, 0.29) is 11.4 Å². The minimum atomic E-state index is -4.72. The van der Waals surface area contributed by atoms with Gasteiger partial charge in [0.15, 0.2) is 6.61 Å². The van der Waals surface area contributed by atoms with E-state index in [1.54, 1.807) is 29.2 Å². The van der Waals surface area contributed by atoms with Gasteiger partial charge in [0, 0.05) is 18.1 Å². The highest BCUT2D eigenvalue weighted by atomic mass is 32.2. The van der Waals surface area contributed by atoms with E-state index < -0.39 is 39.0 Å². The number of hydrogen-bond donors (Lipinski definition) is 1. The second kappa shape index (κ2) is 8.86. The van der Waals surface area contributed by atoms with Gasteiger partial charge in [-0.25, -0.2) is 13.2 Å². The second-order valence-corrected chi connectivity index (χ2v) is 7.84. The summed E-state index contributed by atoms with van der Waals surface area (Å²) in [6, 6.07) is 8.88. The van der Waals surface area contributed by atoms with E-state index in [0.717, 1.165) is 24.3 Å². The van der Waals surface area contributed by atoms with Crippen LogP contribution in [0.25, 0.3) is 0 Å². The fourth-order valence-electron chi connectivity index (χ4n) is 2.36. The summed E-state index contributed by atoms with van der Waals surface area (Å²) in [6.45, 7) is -0.316. The van der Waals surface area contributed by atoms with Crippen molar-refractivity contribution in [2.45, 2.75) is 17.2 Å². The highest BCUT2D eigenvalue weighted by molar-refractivity contribution is 7.91. The maximum Gasteiger partial charge on any atom is 0.374 e. The van der Waals surface area contributed by atoms with E-state index >= 15 is 0 Å². The molecule has 0 fully saturated rings. The number of benzene rings is 1. The van der Waals surface area contributed by atoms with Crippen molar-refractivity contribution in [1.29, 1.82) is 0 Å². The van der Waals surface area contributed by atoms with Gasteiger partial charge in [0.2, 0.25) is 15.6 Å². The van der Waals surface area contributed by atoms with Crippen LogP contribution in [0.1, 0.15) is 16.3 Å². The molecule has 158 valence electrons. The van der Waals surface area contributed by atoms with Crippen molar-refractivity contribution in [3.8, 4) is 0 Å². The molecule has 1 N–H and O–H groups in total. The fourth-order valence-corrected chi connectivity index (χ4v) is 3.08. The van der Waals surface area contributed by atoms with Crippen LogP contribution >= 0.6 is 0 Å². The van der Waals surface area contributed by atoms with Gasteiger partial charge >= 0.3 is 11.7 Å². The number of halogens is 2. The Kier molecular flexibility index (Phi) is 6.26. The molecule has 0 aliphatic heterocycles. The zero-order valence-electron chi connectivity index (χ0n) is 15.2. The van der Waals surface area contributed by atoms with Crippen molar-refractivity contribution in [2.24, 2.45) is 0 Å². The topological polar surface area (TPSA) is 120 Å². The molecule has 0 saturated heterocycles. The van der Waals surface area contributed by atoms with Crippen molar-refractivity contribution in [1.82, 2.24) is 9.78 Å². The van der Waals surface area contributed by atoms with Gasteiger partial charge in [-0.15, -0.1) is 0 Å². The third kappa shape index (κ3) is 5.08. The van der Waals surface area contributed by atoms with E-state index in [4.69, 9.17) is 9.15 Å². The summed E-state index contributed by atoms with van der Waals surface area (Å²) in [5.74, 6) is -4.73. The van der Waals surface area contributed by atoms with Gasteiger partial charge < -0.3 is 14.5 Å². The van der Waals surface area contributed by atoms with Gasteiger partial charge in [0.25, 0.3) is 5.91 Å². The van der Waals surface area contributed by atoms with Crippen LogP contribution in [0.3, 0.4) is 0 Å². The first-order valence-electron chi connectivity index (χ1n) is 8.41. The van der Waals surface area contributed by atoms with Crippen molar-refractivity contribution in [3.63, 3.8) is 0 Å². The molecule has 1 amide bonds. The Hall–Kier alpha value is -3.54. The molecule has 0 spiro atoms. The van der Waals surface area contributed by atoms with Crippen LogP contribution in [0.2, 0.25) is 0 Å². The quantitative estimate of drug-likeness (QED) is 0.535. The number of nitrogens with zero attached hydrogens (tertiary/aromatic N) is 2. The fraction of sp³-hybridized carbons (Fsp3) is 0.167. The molecular weight excluding hydrogens is 424 g/mol. The normalized spacial score (nSPS) is 11.4. The number of nitrogens with one attached hydrogen (secondary N) is 1. The summed E-state index contributed by atoms with van der Waals surface area (Å²) in [5, 5.41) is 6.36. The third-order valence-corrected chi connectivity index (χ3v) is 5.17. The minimum absolute atomic E-state index is 0.0912. The lowest BCUT2D eigenvalue weighted by atomic mass is 10.3. The van der Waals surface area contributed by atoms with Crippen molar-refractivity contribution >= 4 is 27.4 Å². The van der Waals surface area contributed by atoms with Crippen LogP contribution in [-0.4, -0.2) is 42.4 Å². The van der Waals surface area contributed by atoms with Gasteiger partial charge in [0.05, 0.1) is 11.4 Å². The highest BCUT2D eigenvalue weighted by Crippen LogP contribution is 2.20. The summed E-state index contributed by atoms with van der Waals surface area (Å²) in [4.78, 5) is 23.3. The zero-order valence-corrected chi connectivity index (χ0v) is 16.0. The zero-order chi connectivity index (χ0) is 21.7. The van der Waals surface area contributed by atoms with Crippen LogP contribution in [0, 0.1) is 0 Å². The molecule has 30 heavy (non-hydrogen) atoms. The number of ether oxygens (including phenoxy) is 1. The number of carbonyl (C=O) groups excluding carboxylic acids is 2. The molecule has 3 rings (SSSR count). The molecule has 1 aromatic carbocycles. The summed E-state index contributed by atoms with van der Waals surface area (Å²) in [5.41, 5.74) is 0.142. The summed E-state index contributed by atoms with van der Waals surface area (Å²) < 4.78 is 59.5. The van der Waals surface area contributed by atoms with E-state index in [1.165, 1.54) is 6.07 Å². The number of aromatic nitrogens is 2. The minimum Gasteiger partial charge on any atom is -0.452 e. The van der Waals surface area contributed by atoms with E-state index in [2.05, 4.69) is 10.4 Å². The number of rotatable bonds is 8. The average molecular weight is 439 g/mol. The first kappa shape index (κ1) is 21.2. The smallest absolute Gasteiger partial charge is 0.374 e. The predicted molar refractivity (Wildman–Crippen MR) is 98.6 cm³/mol.